The van der Waals surface area contributed by atoms with Gasteiger partial charge in [0.05, 0.1) is 30.0 Å². The van der Waals surface area contributed by atoms with Gasteiger partial charge in [0.25, 0.3) is 0 Å². The first-order valence-electron chi connectivity index (χ1n) is 16.9. The van der Waals surface area contributed by atoms with Crippen LogP contribution in [-0.2, 0) is 24.6 Å². The smallest absolute Gasteiger partial charge is 0.238 e. The van der Waals surface area contributed by atoms with Gasteiger partial charge in [-0.05, 0) is 65.8 Å². The van der Waals surface area contributed by atoms with Gasteiger partial charge in [0.1, 0.15) is 11.5 Å². The molecule has 1 saturated carbocycles. The molecule has 4 aromatic carbocycles. The fraction of sp³-hybridized carbons (Fsp3) is 0.209. The lowest BCUT2D eigenvalue weighted by atomic mass is 9.44. The van der Waals surface area contributed by atoms with Gasteiger partial charge in [0, 0.05) is 23.0 Å². The molecule has 0 radical (unpaired) electrons. The molecule has 0 aromatic heterocycles. The van der Waals surface area contributed by atoms with Crippen molar-refractivity contribution in [2.75, 3.05) is 12.0 Å². The third-order valence-electron chi connectivity index (χ3n) is 11.3. The van der Waals surface area contributed by atoms with Crippen LogP contribution in [0.4, 0.5) is 5.69 Å². The molecule has 4 aliphatic rings. The maximum absolute atomic E-state index is 15.2. The Morgan fingerprint density at radius 1 is 0.840 bits per heavy atom. The van der Waals surface area contributed by atoms with Gasteiger partial charge in [-0.2, -0.15) is 0 Å². The highest BCUT2D eigenvalue weighted by atomic mass is 16.5. The van der Waals surface area contributed by atoms with E-state index in [9.17, 15) is 14.7 Å². The number of allylic oxidation sites excluding steroid dienone is 4. The zero-order chi connectivity index (χ0) is 34.7. The van der Waals surface area contributed by atoms with E-state index in [0.717, 1.165) is 11.1 Å². The largest absolute Gasteiger partial charge is 0.508 e. The zero-order valence-corrected chi connectivity index (χ0v) is 27.5. The molecule has 0 spiro atoms. The predicted octanol–water partition coefficient (Wildman–Crippen LogP) is 7.07. The Morgan fingerprint density at radius 2 is 1.54 bits per heavy atom. The van der Waals surface area contributed by atoms with Gasteiger partial charge >= 0.3 is 0 Å². The van der Waals surface area contributed by atoms with E-state index in [0.29, 0.717) is 33.7 Å². The number of benzene rings is 4. The molecule has 7 nitrogen and oxygen atoms in total. The van der Waals surface area contributed by atoms with Crippen LogP contribution >= 0.6 is 0 Å². The molecule has 1 N–H and O–H groups in total. The SMILES string of the molecule is C=Cc1ccc(N2C(=O)C3CC=C4C(CC5C(=O)C(c6ccccc6)=CC(=O)C5(c5ccccc5)C4c4c(O)cccc4OC)C3C2=O)cc1. The summed E-state index contributed by atoms with van der Waals surface area (Å²) in [4.78, 5) is 60.1. The van der Waals surface area contributed by atoms with Crippen molar-refractivity contribution in [3.63, 3.8) is 0 Å². The summed E-state index contributed by atoms with van der Waals surface area (Å²) in [5, 5.41) is 11.7. The van der Waals surface area contributed by atoms with Gasteiger partial charge in [-0.1, -0.05) is 103 Å². The van der Waals surface area contributed by atoms with Crippen molar-refractivity contribution in [1.82, 2.24) is 0 Å². The molecule has 7 heteroatoms. The highest BCUT2D eigenvalue weighted by Gasteiger charge is 2.66. The number of anilines is 1. The van der Waals surface area contributed by atoms with E-state index in [4.69, 9.17) is 4.74 Å². The summed E-state index contributed by atoms with van der Waals surface area (Å²) in [6.07, 6.45) is 5.59. The maximum Gasteiger partial charge on any atom is 0.238 e. The number of nitrogens with zero attached hydrogens (tertiary/aromatic N) is 1. The quantitative estimate of drug-likeness (QED) is 0.175. The monoisotopic (exact) mass is 661 g/mol. The first kappa shape index (κ1) is 31.4. The molecule has 4 aromatic rings. The van der Waals surface area contributed by atoms with Crippen LogP contribution < -0.4 is 9.64 Å². The van der Waals surface area contributed by atoms with Crippen LogP contribution in [0, 0.1) is 23.7 Å². The minimum absolute atomic E-state index is 0.0806. The fourth-order valence-corrected chi connectivity index (χ4v) is 9.20. The van der Waals surface area contributed by atoms with Crippen molar-refractivity contribution < 1.29 is 29.0 Å². The van der Waals surface area contributed by atoms with E-state index in [1.807, 2.05) is 78.9 Å². The van der Waals surface area contributed by atoms with Crippen molar-refractivity contribution in [1.29, 1.82) is 0 Å². The van der Waals surface area contributed by atoms with E-state index in [2.05, 4.69) is 6.58 Å². The van der Waals surface area contributed by atoms with E-state index >= 15 is 9.59 Å². The van der Waals surface area contributed by atoms with Crippen LogP contribution in [0.15, 0.2) is 127 Å². The van der Waals surface area contributed by atoms with Crippen molar-refractivity contribution >= 4 is 40.7 Å². The molecular weight excluding hydrogens is 626 g/mol. The number of imide groups is 1. The van der Waals surface area contributed by atoms with Gasteiger partial charge in [0.2, 0.25) is 11.8 Å². The number of methoxy groups -OCH3 is 1. The molecule has 2 fully saturated rings. The van der Waals surface area contributed by atoms with Gasteiger partial charge in [-0.3, -0.25) is 24.1 Å². The van der Waals surface area contributed by atoms with Crippen LogP contribution in [0.2, 0.25) is 0 Å². The molecule has 2 amide bonds. The topological polar surface area (TPSA) is 101 Å². The summed E-state index contributed by atoms with van der Waals surface area (Å²) in [6.45, 7) is 3.80. The van der Waals surface area contributed by atoms with Crippen LogP contribution in [0.3, 0.4) is 0 Å². The third-order valence-corrected chi connectivity index (χ3v) is 11.3. The van der Waals surface area contributed by atoms with Crippen LogP contribution in [0.1, 0.15) is 41.0 Å². The van der Waals surface area contributed by atoms with E-state index in [1.54, 1.807) is 36.4 Å². The van der Waals surface area contributed by atoms with Gasteiger partial charge in [-0.15, -0.1) is 0 Å². The number of amides is 2. The van der Waals surface area contributed by atoms with Crippen molar-refractivity contribution in [3.05, 3.63) is 150 Å². The Bertz CT molecular complexity index is 2130. The number of phenols is 1. The molecule has 8 rings (SSSR count). The summed E-state index contributed by atoms with van der Waals surface area (Å²) in [7, 11) is 1.51. The molecule has 1 heterocycles. The molecule has 1 aliphatic heterocycles. The van der Waals surface area contributed by atoms with E-state index in [-0.39, 0.29) is 42.0 Å². The molecule has 3 aliphatic carbocycles. The Labute approximate surface area is 290 Å². The number of aromatic hydroxyl groups is 1. The molecule has 1 saturated heterocycles. The third kappa shape index (κ3) is 4.42. The molecule has 50 heavy (non-hydrogen) atoms. The van der Waals surface area contributed by atoms with E-state index in [1.165, 1.54) is 18.1 Å². The average Bonchev–Trinajstić information content (AvgIpc) is 3.41. The van der Waals surface area contributed by atoms with Crippen LogP contribution in [0.25, 0.3) is 11.6 Å². The number of hydrogen-bond acceptors (Lipinski definition) is 6. The first-order valence-corrected chi connectivity index (χ1v) is 16.9. The van der Waals surface area contributed by atoms with Gasteiger partial charge < -0.3 is 9.84 Å². The lowest BCUT2D eigenvalue weighted by Gasteiger charge is -2.55. The summed E-state index contributed by atoms with van der Waals surface area (Å²) in [5.41, 5.74) is 2.60. The van der Waals surface area contributed by atoms with E-state index < -0.39 is 35.0 Å². The number of carbonyl (C=O) groups excluding carboxylic acids is 4. The minimum Gasteiger partial charge on any atom is -0.508 e. The average molecular weight is 662 g/mol. The van der Waals surface area contributed by atoms with Crippen molar-refractivity contribution in [2.24, 2.45) is 23.7 Å². The van der Waals surface area contributed by atoms with Crippen LogP contribution in [-0.4, -0.2) is 35.6 Å². The van der Waals surface area contributed by atoms with Gasteiger partial charge in [-0.25, -0.2) is 0 Å². The Balaban J connectivity index is 1.37. The van der Waals surface area contributed by atoms with Crippen LogP contribution in [0.5, 0.6) is 11.5 Å². The molecule has 6 atom stereocenters. The number of ether oxygens (including phenoxy) is 1. The van der Waals surface area contributed by atoms with Crippen molar-refractivity contribution in [3.8, 4) is 11.5 Å². The Kier molecular flexibility index (Phi) is 7.52. The second kappa shape index (κ2) is 11.9. The first-order chi connectivity index (χ1) is 24.3. The molecular formula is C43H35NO6. The second-order valence-corrected chi connectivity index (χ2v) is 13.5. The number of fused-ring (bicyclic) bond motifs is 4. The fourth-order valence-electron chi connectivity index (χ4n) is 9.20. The number of rotatable bonds is 6. The standard InChI is InChI=1S/C43H35NO6/c1-3-25-17-19-28(20-18-25)44-41(48)30-22-21-29-32(37(30)42(44)49)23-33-40(47)31(26-11-6-4-7-12-26)24-36(46)43(33,27-13-8-5-9-14-27)39(29)38-34(45)15-10-16-35(38)50-2/h3-21,24,30,32-33,37,39,45H,1,22-23H2,2H3. The number of carbonyl (C=O) groups is 4. The van der Waals surface area contributed by atoms with Gasteiger partial charge in [0.15, 0.2) is 11.6 Å². The highest BCUT2D eigenvalue weighted by molar-refractivity contribution is 6.32. The molecule has 248 valence electrons. The number of ketones is 2. The lowest BCUT2D eigenvalue weighted by molar-refractivity contribution is -0.135. The highest BCUT2D eigenvalue weighted by Crippen LogP contribution is 2.65. The molecule has 6 unspecified atom stereocenters. The summed E-state index contributed by atoms with van der Waals surface area (Å²) in [5.74, 6) is -4.56. The summed E-state index contributed by atoms with van der Waals surface area (Å²) < 4.78 is 5.86. The Hall–Kier alpha value is -5.82. The normalized spacial score (nSPS) is 27.1. The summed E-state index contributed by atoms with van der Waals surface area (Å²) in [6, 6.07) is 30.5. The minimum atomic E-state index is -1.47. The Morgan fingerprint density at radius 3 is 2.22 bits per heavy atom. The number of phenolic OH excluding ortho intramolecular Hbond substituents is 1. The summed E-state index contributed by atoms with van der Waals surface area (Å²) >= 11 is 0. The maximum atomic E-state index is 15.2. The number of hydrogen-bond donors (Lipinski definition) is 1. The lowest BCUT2D eigenvalue weighted by Crippen LogP contribution is -2.58. The zero-order valence-electron chi connectivity index (χ0n) is 27.5. The van der Waals surface area contributed by atoms with Crippen molar-refractivity contribution in [2.45, 2.75) is 24.2 Å². The number of Topliss-reactive ketones (excluding diaryl/α,β-unsaturated/α-hetero) is 1. The second-order valence-electron chi connectivity index (χ2n) is 13.5. The molecule has 0 bridgehead atoms. The predicted molar refractivity (Wildman–Crippen MR) is 190 cm³/mol.